The number of nitrogens with one attached hydrogen (secondary N) is 2. The first-order valence-electron chi connectivity index (χ1n) is 6.31. The molecule has 0 amide bonds. The van der Waals surface area contributed by atoms with Crippen LogP contribution in [-0.4, -0.2) is 20.1 Å². The fourth-order valence-corrected chi connectivity index (χ4v) is 3.64. The summed E-state index contributed by atoms with van der Waals surface area (Å²) >= 11 is 0. The largest absolute Gasteiger partial charge is 0.317 e. The van der Waals surface area contributed by atoms with Gasteiger partial charge in [-0.2, -0.15) is 0 Å². The average Bonchev–Trinajstić information content (AvgIpc) is 2.62. The lowest BCUT2D eigenvalue weighted by atomic mass is 9.73. The van der Waals surface area contributed by atoms with E-state index in [-0.39, 0.29) is 0 Å². The Morgan fingerprint density at radius 3 is 2.75 bits per heavy atom. The molecular formula is C14H20N2. The highest BCUT2D eigenvalue weighted by atomic mass is 14.9. The van der Waals surface area contributed by atoms with E-state index in [1.54, 1.807) is 5.56 Å². The Hall–Kier alpha value is -0.860. The summed E-state index contributed by atoms with van der Waals surface area (Å²) in [6, 6.07) is 9.50. The monoisotopic (exact) mass is 216 g/mol. The lowest BCUT2D eigenvalue weighted by Gasteiger charge is -2.39. The molecule has 2 N–H and O–H groups in total. The molecule has 0 saturated carbocycles. The zero-order valence-electron chi connectivity index (χ0n) is 9.92. The van der Waals surface area contributed by atoms with Gasteiger partial charge < -0.3 is 10.6 Å². The normalized spacial score (nSPS) is 26.9. The number of hydrogen-bond acceptors (Lipinski definition) is 2. The van der Waals surface area contributed by atoms with Crippen LogP contribution in [0.25, 0.3) is 0 Å². The molecule has 1 spiro atoms. The van der Waals surface area contributed by atoms with Crippen LogP contribution in [0.1, 0.15) is 30.0 Å². The summed E-state index contributed by atoms with van der Waals surface area (Å²) < 4.78 is 0. The Labute approximate surface area is 97.4 Å². The van der Waals surface area contributed by atoms with Gasteiger partial charge in [0.05, 0.1) is 0 Å². The molecule has 0 radical (unpaired) electrons. The maximum absolute atomic E-state index is 3.55. The Balaban J connectivity index is 1.99. The number of piperidine rings is 1. The lowest BCUT2D eigenvalue weighted by Crippen LogP contribution is -2.42. The van der Waals surface area contributed by atoms with E-state index in [0.29, 0.717) is 11.5 Å². The summed E-state index contributed by atoms with van der Waals surface area (Å²) in [5.41, 5.74) is 3.57. The number of hydrogen-bond donors (Lipinski definition) is 2. The van der Waals surface area contributed by atoms with Crippen LogP contribution >= 0.6 is 0 Å². The zero-order valence-corrected chi connectivity index (χ0v) is 9.92. The predicted octanol–water partition coefficient (Wildman–Crippen LogP) is 1.87. The second-order valence-electron chi connectivity index (χ2n) is 5.21. The molecule has 86 valence electrons. The Kier molecular flexibility index (Phi) is 2.49. The summed E-state index contributed by atoms with van der Waals surface area (Å²) in [7, 11) is 2.11. The summed E-state index contributed by atoms with van der Waals surface area (Å²) in [5, 5.41) is 7.03. The smallest absolute Gasteiger partial charge is 0.0381 e. The molecule has 0 bridgehead atoms. The minimum absolute atomic E-state index is 0.476. The first-order valence-corrected chi connectivity index (χ1v) is 6.31. The molecule has 1 unspecified atom stereocenters. The van der Waals surface area contributed by atoms with Crippen LogP contribution in [0.2, 0.25) is 0 Å². The fourth-order valence-electron chi connectivity index (χ4n) is 3.64. The quantitative estimate of drug-likeness (QED) is 0.749. The molecule has 1 heterocycles. The highest BCUT2D eigenvalue weighted by molar-refractivity contribution is 5.38. The van der Waals surface area contributed by atoms with Gasteiger partial charge in [0, 0.05) is 6.04 Å². The Bertz CT molecular complexity index is 380. The van der Waals surface area contributed by atoms with Gasteiger partial charge in [-0.3, -0.25) is 0 Å². The molecule has 1 fully saturated rings. The van der Waals surface area contributed by atoms with E-state index >= 15 is 0 Å². The maximum atomic E-state index is 3.55. The minimum atomic E-state index is 0.476. The van der Waals surface area contributed by atoms with Crippen molar-refractivity contribution in [3.05, 3.63) is 35.4 Å². The fraction of sp³-hybridized carbons (Fsp3) is 0.571. The summed E-state index contributed by atoms with van der Waals surface area (Å²) in [4.78, 5) is 0. The summed E-state index contributed by atoms with van der Waals surface area (Å²) in [6.45, 7) is 2.35. The second-order valence-corrected chi connectivity index (χ2v) is 5.21. The Morgan fingerprint density at radius 1 is 1.25 bits per heavy atom. The number of fused-ring (bicyclic) bond motifs is 1. The van der Waals surface area contributed by atoms with Crippen molar-refractivity contribution in [2.45, 2.75) is 25.3 Å². The van der Waals surface area contributed by atoms with Crippen LogP contribution in [-0.2, 0) is 6.42 Å². The van der Waals surface area contributed by atoms with Gasteiger partial charge in [0.2, 0.25) is 0 Å². The average molecular weight is 216 g/mol. The van der Waals surface area contributed by atoms with E-state index in [0.717, 1.165) is 0 Å². The SMILES string of the molecule is CNC1c2ccccc2CC12CCNCC2. The van der Waals surface area contributed by atoms with Gasteiger partial charge >= 0.3 is 0 Å². The molecule has 1 aromatic rings. The van der Waals surface area contributed by atoms with E-state index in [2.05, 4.69) is 41.9 Å². The number of benzene rings is 1. The molecule has 2 aliphatic rings. The van der Waals surface area contributed by atoms with Crippen molar-refractivity contribution in [3.63, 3.8) is 0 Å². The van der Waals surface area contributed by atoms with E-state index in [4.69, 9.17) is 0 Å². The van der Waals surface area contributed by atoms with Crippen molar-refractivity contribution in [1.29, 1.82) is 0 Å². The van der Waals surface area contributed by atoms with Crippen LogP contribution in [0.4, 0.5) is 0 Å². The van der Waals surface area contributed by atoms with Crippen molar-refractivity contribution in [2.24, 2.45) is 5.41 Å². The Morgan fingerprint density at radius 2 is 2.00 bits per heavy atom. The minimum Gasteiger partial charge on any atom is -0.317 e. The van der Waals surface area contributed by atoms with Gasteiger partial charge in [0.15, 0.2) is 0 Å². The van der Waals surface area contributed by atoms with Crippen LogP contribution in [0.5, 0.6) is 0 Å². The third-order valence-electron chi connectivity index (χ3n) is 4.41. The van der Waals surface area contributed by atoms with Crippen molar-refractivity contribution in [3.8, 4) is 0 Å². The van der Waals surface area contributed by atoms with Crippen molar-refractivity contribution in [2.75, 3.05) is 20.1 Å². The lowest BCUT2D eigenvalue weighted by molar-refractivity contribution is 0.155. The van der Waals surface area contributed by atoms with Crippen LogP contribution in [0.15, 0.2) is 24.3 Å². The highest BCUT2D eigenvalue weighted by Crippen LogP contribution is 2.50. The molecule has 3 rings (SSSR count). The molecule has 1 aliphatic heterocycles. The van der Waals surface area contributed by atoms with E-state index in [9.17, 15) is 0 Å². The van der Waals surface area contributed by atoms with E-state index in [1.165, 1.54) is 37.9 Å². The summed E-state index contributed by atoms with van der Waals surface area (Å²) in [6.07, 6.45) is 3.86. The van der Waals surface area contributed by atoms with Crippen molar-refractivity contribution < 1.29 is 0 Å². The third-order valence-corrected chi connectivity index (χ3v) is 4.41. The highest BCUT2D eigenvalue weighted by Gasteiger charge is 2.45. The van der Waals surface area contributed by atoms with Gasteiger partial charge in [0.25, 0.3) is 0 Å². The summed E-state index contributed by atoms with van der Waals surface area (Å²) in [5.74, 6) is 0. The van der Waals surface area contributed by atoms with Gasteiger partial charge in [-0.1, -0.05) is 24.3 Å². The zero-order chi connectivity index (χ0) is 11.0. The van der Waals surface area contributed by atoms with Crippen molar-refractivity contribution in [1.82, 2.24) is 10.6 Å². The van der Waals surface area contributed by atoms with Crippen LogP contribution < -0.4 is 10.6 Å². The first kappa shape index (κ1) is 10.3. The van der Waals surface area contributed by atoms with Crippen LogP contribution in [0.3, 0.4) is 0 Å². The van der Waals surface area contributed by atoms with Gasteiger partial charge in [-0.15, -0.1) is 0 Å². The standard InChI is InChI=1S/C14H20N2/c1-15-13-12-5-3-2-4-11(12)10-14(13)6-8-16-9-7-14/h2-5,13,15-16H,6-10H2,1H3. The molecule has 1 aromatic carbocycles. The molecule has 2 nitrogen and oxygen atoms in total. The predicted molar refractivity (Wildman–Crippen MR) is 66.5 cm³/mol. The van der Waals surface area contributed by atoms with E-state index in [1.807, 2.05) is 0 Å². The molecule has 0 aromatic heterocycles. The molecule has 16 heavy (non-hydrogen) atoms. The third kappa shape index (κ3) is 1.40. The topological polar surface area (TPSA) is 24.1 Å². The number of rotatable bonds is 1. The van der Waals surface area contributed by atoms with Gasteiger partial charge in [-0.25, -0.2) is 0 Å². The van der Waals surface area contributed by atoms with E-state index < -0.39 is 0 Å². The molecular weight excluding hydrogens is 196 g/mol. The molecule has 1 aliphatic carbocycles. The molecule has 1 atom stereocenters. The van der Waals surface area contributed by atoms with Gasteiger partial charge in [-0.05, 0) is 55.9 Å². The van der Waals surface area contributed by atoms with Crippen molar-refractivity contribution >= 4 is 0 Å². The first-order chi connectivity index (χ1) is 7.86. The maximum Gasteiger partial charge on any atom is 0.0381 e. The van der Waals surface area contributed by atoms with Crippen LogP contribution in [0, 0.1) is 5.41 Å². The van der Waals surface area contributed by atoms with Gasteiger partial charge in [0.1, 0.15) is 0 Å². The molecule has 2 heteroatoms. The molecule has 1 saturated heterocycles. The second kappa shape index (κ2) is 3.86.